The number of benzene rings is 3. The van der Waals surface area contributed by atoms with Crippen molar-refractivity contribution in [1.29, 1.82) is 0 Å². The topological polar surface area (TPSA) is 67.4 Å². The fourth-order valence-electron chi connectivity index (χ4n) is 2.85. The zero-order valence-electron chi connectivity index (χ0n) is 16.7. The summed E-state index contributed by atoms with van der Waals surface area (Å²) < 4.78 is 6.42. The summed E-state index contributed by atoms with van der Waals surface area (Å²) in [6, 6.07) is 22.6. The number of rotatable bonds is 8. The summed E-state index contributed by atoms with van der Waals surface area (Å²) in [5.41, 5.74) is 3.20. The molecule has 2 N–H and O–H groups in total. The molecular weight excluding hydrogens is 444 g/mol. The Labute approximate surface area is 184 Å². The fraction of sp³-hybridized carbons (Fsp3) is 0.167. The molecule has 0 aliphatic carbocycles. The Bertz CT molecular complexity index is 1020. The molecule has 5 nitrogen and oxygen atoms in total. The lowest BCUT2D eigenvalue weighted by atomic mass is 10.1. The van der Waals surface area contributed by atoms with Crippen LogP contribution in [0.15, 0.2) is 77.3 Å². The van der Waals surface area contributed by atoms with Gasteiger partial charge in [-0.2, -0.15) is 0 Å². The summed E-state index contributed by atoms with van der Waals surface area (Å²) in [6.45, 7) is 2.46. The highest BCUT2D eigenvalue weighted by molar-refractivity contribution is 9.10. The number of carbonyl (C=O) groups is 2. The Morgan fingerprint density at radius 3 is 2.47 bits per heavy atom. The standard InChI is InChI=1S/C24H23BrN2O3/c1-2-13-26-24(29)19-9-6-10-20(14-19)27-23(28)16-30-22-12-11-18(15-21(22)25)17-7-4-3-5-8-17/h3-12,14-15H,2,13,16H2,1H3,(H,26,29)(H,27,28). The third-order valence-electron chi connectivity index (χ3n) is 4.34. The Kier molecular flexibility index (Phi) is 7.63. The lowest BCUT2D eigenvalue weighted by molar-refractivity contribution is -0.118. The van der Waals surface area contributed by atoms with Gasteiger partial charge in [0, 0.05) is 17.8 Å². The van der Waals surface area contributed by atoms with Gasteiger partial charge in [0.1, 0.15) is 5.75 Å². The van der Waals surface area contributed by atoms with E-state index in [1.54, 1.807) is 24.3 Å². The van der Waals surface area contributed by atoms with Crippen molar-refractivity contribution in [1.82, 2.24) is 5.32 Å². The molecule has 0 heterocycles. The van der Waals surface area contributed by atoms with E-state index in [1.807, 2.05) is 55.5 Å². The number of halogens is 1. The molecule has 0 aliphatic rings. The number of nitrogens with one attached hydrogen (secondary N) is 2. The quantitative estimate of drug-likeness (QED) is 0.474. The summed E-state index contributed by atoms with van der Waals surface area (Å²) in [5, 5.41) is 5.58. The molecule has 0 spiro atoms. The average Bonchev–Trinajstić information content (AvgIpc) is 2.77. The van der Waals surface area contributed by atoms with E-state index in [2.05, 4.69) is 26.6 Å². The van der Waals surface area contributed by atoms with Gasteiger partial charge in [0.05, 0.1) is 4.47 Å². The number of amides is 2. The van der Waals surface area contributed by atoms with Crippen LogP contribution in [0.4, 0.5) is 5.69 Å². The summed E-state index contributed by atoms with van der Waals surface area (Å²) in [5.74, 6) is 0.115. The van der Waals surface area contributed by atoms with Crippen molar-refractivity contribution >= 4 is 33.4 Å². The minimum atomic E-state index is -0.305. The number of hydrogen-bond acceptors (Lipinski definition) is 3. The Morgan fingerprint density at radius 2 is 1.73 bits per heavy atom. The highest BCUT2D eigenvalue weighted by atomic mass is 79.9. The third-order valence-corrected chi connectivity index (χ3v) is 4.96. The summed E-state index contributed by atoms with van der Waals surface area (Å²) in [4.78, 5) is 24.4. The zero-order chi connectivity index (χ0) is 21.3. The number of carbonyl (C=O) groups excluding carboxylic acids is 2. The second-order valence-corrected chi connectivity index (χ2v) is 7.54. The van der Waals surface area contributed by atoms with Crippen molar-refractivity contribution in [2.45, 2.75) is 13.3 Å². The fourth-order valence-corrected chi connectivity index (χ4v) is 3.34. The van der Waals surface area contributed by atoms with Gasteiger partial charge in [0.2, 0.25) is 0 Å². The molecule has 0 aromatic heterocycles. The molecular formula is C24H23BrN2O3. The van der Waals surface area contributed by atoms with Crippen LogP contribution >= 0.6 is 15.9 Å². The molecule has 30 heavy (non-hydrogen) atoms. The van der Waals surface area contributed by atoms with Crippen LogP contribution in [-0.2, 0) is 4.79 Å². The summed E-state index contributed by atoms with van der Waals surface area (Å²) in [6.07, 6.45) is 0.862. The van der Waals surface area contributed by atoms with Gasteiger partial charge in [-0.1, -0.05) is 49.4 Å². The van der Waals surface area contributed by atoms with Crippen LogP contribution in [0.25, 0.3) is 11.1 Å². The van der Waals surface area contributed by atoms with Crippen LogP contribution in [0.2, 0.25) is 0 Å². The van der Waals surface area contributed by atoms with Gasteiger partial charge in [-0.15, -0.1) is 0 Å². The molecule has 0 aliphatic heterocycles. The van der Waals surface area contributed by atoms with Crippen LogP contribution < -0.4 is 15.4 Å². The Balaban J connectivity index is 1.58. The van der Waals surface area contributed by atoms with E-state index in [0.29, 0.717) is 23.5 Å². The maximum Gasteiger partial charge on any atom is 0.262 e. The number of hydrogen-bond donors (Lipinski definition) is 2. The lowest BCUT2D eigenvalue weighted by Gasteiger charge is -2.11. The predicted molar refractivity (Wildman–Crippen MR) is 123 cm³/mol. The molecule has 0 saturated carbocycles. The van der Waals surface area contributed by atoms with Crippen LogP contribution in [0.1, 0.15) is 23.7 Å². The normalized spacial score (nSPS) is 10.3. The largest absolute Gasteiger partial charge is 0.483 e. The van der Waals surface area contributed by atoms with Gasteiger partial charge in [-0.3, -0.25) is 9.59 Å². The predicted octanol–water partition coefficient (Wildman–Crippen LogP) is 5.27. The molecule has 0 atom stereocenters. The molecule has 0 bridgehead atoms. The highest BCUT2D eigenvalue weighted by Crippen LogP contribution is 2.30. The summed E-state index contributed by atoms with van der Waals surface area (Å²) in [7, 11) is 0. The molecule has 0 fully saturated rings. The lowest BCUT2D eigenvalue weighted by Crippen LogP contribution is -2.24. The second kappa shape index (κ2) is 10.6. The van der Waals surface area contributed by atoms with E-state index in [0.717, 1.165) is 22.0 Å². The number of anilines is 1. The molecule has 6 heteroatoms. The van der Waals surface area contributed by atoms with Crippen molar-refractivity contribution in [3.63, 3.8) is 0 Å². The highest BCUT2D eigenvalue weighted by Gasteiger charge is 2.10. The van der Waals surface area contributed by atoms with Crippen LogP contribution in [0.3, 0.4) is 0 Å². The SMILES string of the molecule is CCCNC(=O)c1cccc(NC(=O)COc2ccc(-c3ccccc3)cc2Br)c1. The maximum atomic E-state index is 12.3. The first kappa shape index (κ1) is 21.6. The van der Waals surface area contributed by atoms with E-state index in [1.165, 1.54) is 0 Å². The monoisotopic (exact) mass is 466 g/mol. The Hall–Kier alpha value is -3.12. The first-order valence-corrected chi connectivity index (χ1v) is 10.5. The maximum absolute atomic E-state index is 12.3. The van der Waals surface area contributed by atoms with E-state index in [-0.39, 0.29) is 18.4 Å². The first-order chi connectivity index (χ1) is 14.6. The molecule has 0 radical (unpaired) electrons. The van der Waals surface area contributed by atoms with Gasteiger partial charge < -0.3 is 15.4 Å². The zero-order valence-corrected chi connectivity index (χ0v) is 18.2. The molecule has 154 valence electrons. The Morgan fingerprint density at radius 1 is 0.933 bits per heavy atom. The van der Waals surface area contributed by atoms with Gasteiger partial charge in [0.15, 0.2) is 6.61 Å². The van der Waals surface area contributed by atoms with Crippen LogP contribution in [0, 0.1) is 0 Å². The molecule has 3 aromatic carbocycles. The van der Waals surface area contributed by atoms with Gasteiger partial charge in [-0.05, 0) is 63.8 Å². The van der Waals surface area contributed by atoms with Gasteiger partial charge in [0.25, 0.3) is 11.8 Å². The molecule has 3 aromatic rings. The number of ether oxygens (including phenoxy) is 1. The molecule has 2 amide bonds. The van der Waals surface area contributed by atoms with Gasteiger partial charge >= 0.3 is 0 Å². The minimum absolute atomic E-state index is 0.143. The van der Waals surface area contributed by atoms with Crippen molar-refractivity contribution in [2.75, 3.05) is 18.5 Å². The van der Waals surface area contributed by atoms with Gasteiger partial charge in [-0.25, -0.2) is 0 Å². The smallest absolute Gasteiger partial charge is 0.262 e. The van der Waals surface area contributed by atoms with E-state index in [4.69, 9.17) is 4.74 Å². The van der Waals surface area contributed by atoms with Crippen molar-refractivity contribution in [2.24, 2.45) is 0 Å². The van der Waals surface area contributed by atoms with E-state index in [9.17, 15) is 9.59 Å². The van der Waals surface area contributed by atoms with Crippen molar-refractivity contribution in [3.05, 3.63) is 82.8 Å². The molecule has 0 unspecified atom stereocenters. The molecule has 3 rings (SSSR count). The van der Waals surface area contributed by atoms with Crippen LogP contribution in [-0.4, -0.2) is 25.0 Å². The van der Waals surface area contributed by atoms with Crippen molar-refractivity contribution in [3.8, 4) is 16.9 Å². The third kappa shape index (κ3) is 5.94. The van der Waals surface area contributed by atoms with E-state index >= 15 is 0 Å². The van der Waals surface area contributed by atoms with Crippen molar-refractivity contribution < 1.29 is 14.3 Å². The molecule has 0 saturated heterocycles. The first-order valence-electron chi connectivity index (χ1n) is 9.72. The average molecular weight is 467 g/mol. The van der Waals surface area contributed by atoms with E-state index < -0.39 is 0 Å². The summed E-state index contributed by atoms with van der Waals surface area (Å²) >= 11 is 3.51. The second-order valence-electron chi connectivity index (χ2n) is 6.68. The van der Waals surface area contributed by atoms with Crippen LogP contribution in [0.5, 0.6) is 5.75 Å². The minimum Gasteiger partial charge on any atom is -0.483 e.